The second-order valence-electron chi connectivity index (χ2n) is 6.46. The lowest BCUT2D eigenvalue weighted by Crippen LogP contribution is -2.44. The zero-order valence-electron chi connectivity index (χ0n) is 13.1. The molecule has 0 radical (unpaired) electrons. The van der Waals surface area contributed by atoms with Crippen molar-refractivity contribution in [3.05, 3.63) is 34.3 Å². The Kier molecular flexibility index (Phi) is 5.47. The highest BCUT2D eigenvalue weighted by atomic mass is 79.9. The number of β-amino-alcohol motifs (C(OH)–C–C–N with tert-alkyl or cyclic N) is 1. The molecule has 0 amide bonds. The van der Waals surface area contributed by atoms with Crippen LogP contribution in [-0.2, 0) is 9.57 Å². The minimum Gasteiger partial charge on any atom is -0.427 e. The van der Waals surface area contributed by atoms with E-state index in [4.69, 9.17) is 9.57 Å². The summed E-state index contributed by atoms with van der Waals surface area (Å²) in [5, 5.41) is 11.8. The van der Waals surface area contributed by atoms with Crippen molar-refractivity contribution in [1.29, 1.82) is 0 Å². The van der Waals surface area contributed by atoms with Gasteiger partial charge in [-0.25, -0.2) is 4.79 Å². The fourth-order valence-corrected chi connectivity index (χ4v) is 2.90. The van der Waals surface area contributed by atoms with Crippen LogP contribution in [0.5, 0.6) is 0 Å². The van der Waals surface area contributed by atoms with Gasteiger partial charge in [-0.1, -0.05) is 28.1 Å². The summed E-state index contributed by atoms with van der Waals surface area (Å²) in [5.74, 6) is 0.0380. The molecule has 2 unspecified atom stereocenters. The Bertz CT molecular complexity index is 529. The molecule has 0 bridgehead atoms. The topological polar surface area (TPSA) is 59.0 Å². The van der Waals surface area contributed by atoms with E-state index in [0.717, 1.165) is 10.0 Å². The zero-order chi connectivity index (χ0) is 16.3. The largest absolute Gasteiger partial charge is 0.528 e. The normalized spacial score (nSPS) is 23.1. The fourth-order valence-electron chi connectivity index (χ4n) is 2.49. The van der Waals surface area contributed by atoms with Gasteiger partial charge in [-0.3, -0.25) is 0 Å². The van der Waals surface area contributed by atoms with Crippen LogP contribution in [0.4, 0.5) is 4.79 Å². The molecule has 5 nitrogen and oxygen atoms in total. The molecule has 22 heavy (non-hydrogen) atoms. The molecule has 2 rings (SSSR count). The third-order valence-corrected chi connectivity index (χ3v) is 3.91. The number of aliphatic hydroxyl groups excluding tert-OH is 1. The number of carbonyl (C=O) groups excluding carboxylic acids is 1. The standard InChI is InChI=1S/C16H22BrNO4/c1-16(2,3)21-15(20)22-18-8-7-13(14(19)10-18)11-5-4-6-12(17)9-11/h4-6,9,13-14,19H,7-8,10H2,1-3H3. The lowest BCUT2D eigenvalue weighted by molar-refractivity contribution is -0.170. The van der Waals surface area contributed by atoms with Gasteiger partial charge in [-0.2, -0.15) is 0 Å². The van der Waals surface area contributed by atoms with Crippen LogP contribution in [0.1, 0.15) is 38.7 Å². The molecular weight excluding hydrogens is 350 g/mol. The van der Waals surface area contributed by atoms with Gasteiger partial charge in [0.05, 0.1) is 12.6 Å². The van der Waals surface area contributed by atoms with E-state index < -0.39 is 17.9 Å². The molecule has 0 saturated carbocycles. The molecule has 1 N–H and O–H groups in total. The molecular formula is C16H22BrNO4. The molecule has 1 aliphatic rings. The van der Waals surface area contributed by atoms with Crippen molar-refractivity contribution in [2.45, 2.75) is 44.8 Å². The number of piperidine rings is 1. The molecule has 1 saturated heterocycles. The van der Waals surface area contributed by atoms with Crippen LogP contribution in [0.25, 0.3) is 0 Å². The first-order chi connectivity index (χ1) is 10.2. The minimum absolute atomic E-state index is 0.0380. The summed E-state index contributed by atoms with van der Waals surface area (Å²) in [6.07, 6.45) is -0.619. The highest BCUT2D eigenvalue weighted by Gasteiger charge is 2.31. The summed E-state index contributed by atoms with van der Waals surface area (Å²) in [6, 6.07) is 7.92. The first-order valence-electron chi connectivity index (χ1n) is 7.34. The summed E-state index contributed by atoms with van der Waals surface area (Å²) in [7, 11) is 0. The molecule has 1 fully saturated rings. The summed E-state index contributed by atoms with van der Waals surface area (Å²) in [5.41, 5.74) is 0.489. The van der Waals surface area contributed by atoms with Crippen LogP contribution >= 0.6 is 15.9 Å². The maximum Gasteiger partial charge on any atom is 0.528 e. The van der Waals surface area contributed by atoms with Gasteiger partial charge in [0.25, 0.3) is 0 Å². The van der Waals surface area contributed by atoms with Gasteiger partial charge in [-0.05, 0) is 44.9 Å². The van der Waals surface area contributed by atoms with Gasteiger partial charge in [0.15, 0.2) is 0 Å². The predicted octanol–water partition coefficient (Wildman–Crippen LogP) is 3.47. The number of carbonyl (C=O) groups is 1. The van der Waals surface area contributed by atoms with Gasteiger partial charge in [0.2, 0.25) is 0 Å². The first kappa shape index (κ1) is 17.2. The average Bonchev–Trinajstić information content (AvgIpc) is 2.36. The van der Waals surface area contributed by atoms with Crippen molar-refractivity contribution >= 4 is 22.1 Å². The molecule has 1 aromatic carbocycles. The smallest absolute Gasteiger partial charge is 0.427 e. The number of hydroxylamine groups is 2. The van der Waals surface area contributed by atoms with E-state index in [1.54, 1.807) is 20.8 Å². The van der Waals surface area contributed by atoms with Crippen LogP contribution < -0.4 is 0 Å². The van der Waals surface area contributed by atoms with Gasteiger partial charge in [0, 0.05) is 16.9 Å². The maximum atomic E-state index is 11.7. The summed E-state index contributed by atoms with van der Waals surface area (Å²) >= 11 is 3.44. The van der Waals surface area contributed by atoms with E-state index >= 15 is 0 Å². The Morgan fingerprint density at radius 2 is 2.14 bits per heavy atom. The number of hydrogen-bond acceptors (Lipinski definition) is 5. The quantitative estimate of drug-likeness (QED) is 0.806. The number of benzene rings is 1. The Hall–Kier alpha value is -1.11. The van der Waals surface area contributed by atoms with Crippen molar-refractivity contribution in [1.82, 2.24) is 5.06 Å². The molecule has 0 aliphatic carbocycles. The molecule has 2 atom stereocenters. The van der Waals surface area contributed by atoms with Crippen LogP contribution in [0.3, 0.4) is 0 Å². The van der Waals surface area contributed by atoms with E-state index in [0.29, 0.717) is 13.0 Å². The zero-order valence-corrected chi connectivity index (χ0v) is 14.7. The average molecular weight is 372 g/mol. The summed E-state index contributed by atoms with van der Waals surface area (Å²) < 4.78 is 6.10. The van der Waals surface area contributed by atoms with Crippen molar-refractivity contribution in [2.24, 2.45) is 0 Å². The number of halogens is 1. The van der Waals surface area contributed by atoms with Gasteiger partial charge >= 0.3 is 6.16 Å². The second-order valence-corrected chi connectivity index (χ2v) is 7.38. The lowest BCUT2D eigenvalue weighted by Gasteiger charge is -2.34. The number of rotatable bonds is 2. The minimum atomic E-state index is -0.736. The van der Waals surface area contributed by atoms with E-state index in [1.807, 2.05) is 24.3 Å². The monoisotopic (exact) mass is 371 g/mol. The Morgan fingerprint density at radius 3 is 2.73 bits per heavy atom. The second kappa shape index (κ2) is 6.98. The van der Waals surface area contributed by atoms with Gasteiger partial charge in [-0.15, -0.1) is 5.06 Å². The Morgan fingerprint density at radius 1 is 1.41 bits per heavy atom. The molecule has 1 aliphatic heterocycles. The SMILES string of the molecule is CC(C)(C)OC(=O)ON1CCC(c2cccc(Br)c2)C(O)C1. The summed E-state index contributed by atoms with van der Waals surface area (Å²) in [4.78, 5) is 16.8. The molecule has 122 valence electrons. The van der Waals surface area contributed by atoms with E-state index in [-0.39, 0.29) is 12.5 Å². The highest BCUT2D eigenvalue weighted by Crippen LogP contribution is 2.30. The lowest BCUT2D eigenvalue weighted by atomic mass is 9.88. The third kappa shape index (κ3) is 4.97. The van der Waals surface area contributed by atoms with E-state index in [2.05, 4.69) is 15.9 Å². The van der Waals surface area contributed by atoms with Crippen LogP contribution in [0.15, 0.2) is 28.7 Å². The van der Waals surface area contributed by atoms with Crippen molar-refractivity contribution < 1.29 is 19.5 Å². The van der Waals surface area contributed by atoms with Crippen molar-refractivity contribution in [2.75, 3.05) is 13.1 Å². The van der Waals surface area contributed by atoms with Crippen LogP contribution in [0.2, 0.25) is 0 Å². The molecule has 1 heterocycles. The summed E-state index contributed by atoms with van der Waals surface area (Å²) in [6.45, 7) is 6.18. The number of aliphatic hydroxyl groups is 1. The number of nitrogens with zero attached hydrogens (tertiary/aromatic N) is 1. The Balaban J connectivity index is 1.91. The Labute approximate surface area is 139 Å². The third-order valence-electron chi connectivity index (χ3n) is 3.41. The maximum absolute atomic E-state index is 11.7. The fraction of sp³-hybridized carbons (Fsp3) is 0.562. The predicted molar refractivity (Wildman–Crippen MR) is 86.4 cm³/mol. The van der Waals surface area contributed by atoms with Gasteiger partial charge in [0.1, 0.15) is 5.60 Å². The number of hydrogen-bond donors (Lipinski definition) is 1. The van der Waals surface area contributed by atoms with E-state index in [1.165, 1.54) is 5.06 Å². The molecule has 0 spiro atoms. The molecule has 6 heteroatoms. The van der Waals surface area contributed by atoms with Crippen molar-refractivity contribution in [3.8, 4) is 0 Å². The van der Waals surface area contributed by atoms with E-state index in [9.17, 15) is 9.90 Å². The first-order valence-corrected chi connectivity index (χ1v) is 8.13. The van der Waals surface area contributed by atoms with Crippen LogP contribution in [-0.4, -0.2) is 41.1 Å². The highest BCUT2D eigenvalue weighted by molar-refractivity contribution is 9.10. The molecule has 0 aromatic heterocycles. The van der Waals surface area contributed by atoms with Crippen molar-refractivity contribution in [3.63, 3.8) is 0 Å². The number of ether oxygens (including phenoxy) is 1. The van der Waals surface area contributed by atoms with Gasteiger partial charge < -0.3 is 14.7 Å². The van der Waals surface area contributed by atoms with Crippen LogP contribution in [0, 0.1) is 0 Å². The molecule has 1 aromatic rings.